The molecule has 0 spiro atoms. The van der Waals surface area contributed by atoms with E-state index in [1.54, 1.807) is 0 Å². The molecule has 0 saturated carbocycles. The summed E-state index contributed by atoms with van der Waals surface area (Å²) in [5, 5.41) is 0. The first-order valence-corrected chi connectivity index (χ1v) is 23.7. The summed E-state index contributed by atoms with van der Waals surface area (Å²) in [5.74, 6) is -1.77. The molecule has 0 amide bonds. The molecule has 0 radical (unpaired) electrons. The normalized spacial score (nSPS) is 13.1. The Morgan fingerprint density at radius 3 is 0.575 bits per heavy atom. The second kappa shape index (κ2) is 29.8. The molecule has 0 aliphatic rings. The molecular weight excluding hydrogens is 523 g/mol. The second-order valence-electron chi connectivity index (χ2n) is 15.0. The first kappa shape index (κ1) is 40.7. The van der Waals surface area contributed by atoms with Crippen LogP contribution in [-0.4, -0.2) is 26.2 Å². The van der Waals surface area contributed by atoms with E-state index in [1.807, 2.05) is 0 Å². The van der Waals surface area contributed by atoms with E-state index in [2.05, 4.69) is 26.9 Å². The third-order valence-corrected chi connectivity index (χ3v) is 11.4. The quantitative estimate of drug-likeness (QED) is 0.0507. The summed E-state index contributed by atoms with van der Waals surface area (Å²) in [6, 6.07) is 0. The fraction of sp³-hybridized carbons (Fsp3) is 1.00. The number of halogens is 1. The summed E-state index contributed by atoms with van der Waals surface area (Å²) >= 11 is 6.64. The van der Waals surface area contributed by atoms with Crippen LogP contribution >= 0.6 is 17.2 Å². The van der Waals surface area contributed by atoms with Crippen molar-refractivity contribution in [2.75, 3.05) is 26.2 Å². The van der Waals surface area contributed by atoms with E-state index in [1.165, 1.54) is 218 Å². The Morgan fingerprint density at radius 2 is 0.425 bits per heavy atom. The fourth-order valence-electron chi connectivity index (χ4n) is 6.20. The van der Waals surface area contributed by atoms with Crippen LogP contribution in [0.15, 0.2) is 0 Å². The fourth-order valence-corrected chi connectivity index (χ4v) is 7.85. The van der Waals surface area contributed by atoms with Crippen LogP contribution in [0.1, 0.15) is 219 Å². The van der Waals surface area contributed by atoms with Crippen molar-refractivity contribution < 1.29 is 0 Å². The molecule has 0 N–H and O–H groups in total. The van der Waals surface area contributed by atoms with Gasteiger partial charge >= 0.3 is 114 Å². The molecule has 0 bridgehead atoms. The summed E-state index contributed by atoms with van der Waals surface area (Å²) in [5.41, 5.74) is 0. The van der Waals surface area contributed by atoms with Crippen molar-refractivity contribution in [2.24, 2.45) is 0 Å². The van der Waals surface area contributed by atoms with Gasteiger partial charge in [-0.05, 0) is 0 Å². The predicted octanol–water partition coefficient (Wildman–Crippen LogP) is 15.5. The van der Waals surface area contributed by atoms with Crippen LogP contribution in [-0.2, 0) is 0 Å². The van der Waals surface area contributed by atoms with Crippen LogP contribution in [0.25, 0.3) is 0 Å². The van der Waals surface area contributed by atoms with Crippen molar-refractivity contribution in [3.05, 3.63) is 0 Å². The van der Waals surface area contributed by atoms with Gasteiger partial charge in [0.05, 0.1) is 0 Å². The monoisotopic (exact) mass is 603 g/mol. The van der Waals surface area contributed by atoms with E-state index in [0.717, 1.165) is 0 Å². The van der Waals surface area contributed by atoms with Gasteiger partial charge in [-0.25, -0.2) is 0 Å². The van der Waals surface area contributed by atoms with E-state index in [0.29, 0.717) is 0 Å². The van der Waals surface area contributed by atoms with Gasteiger partial charge in [0.1, 0.15) is 0 Å². The number of unbranched alkanes of at least 4 members (excludes halogenated alkanes) is 32. The average Bonchev–Trinajstić information content (AvgIpc) is 2.90. The molecule has 0 aliphatic heterocycles. The summed E-state index contributed by atoms with van der Waals surface area (Å²) in [6.45, 7) is 9.17. The minimum atomic E-state index is -1.77. The standard InChI is InChI=1S/C38H80ClP/c1-5-6-7-8-9-10-11-12-13-14-15-16-17-18-19-20-21-22-23-24-25-26-27-28-29-30-31-32-33-34-35-36-37-38-40(2,3,4)39/h5-38H2,1-4H3. The van der Waals surface area contributed by atoms with Gasteiger partial charge in [-0.15, -0.1) is 0 Å². The van der Waals surface area contributed by atoms with Gasteiger partial charge in [-0.3, -0.25) is 0 Å². The number of rotatable bonds is 34. The van der Waals surface area contributed by atoms with Crippen LogP contribution < -0.4 is 0 Å². The van der Waals surface area contributed by atoms with Gasteiger partial charge in [0.2, 0.25) is 0 Å². The number of hydrogen-bond acceptors (Lipinski definition) is 0. The molecule has 0 aliphatic carbocycles. The Hall–Kier alpha value is 0.720. The molecule has 40 heavy (non-hydrogen) atoms. The van der Waals surface area contributed by atoms with Crippen molar-refractivity contribution in [2.45, 2.75) is 219 Å². The van der Waals surface area contributed by atoms with Crippen LogP contribution in [0.5, 0.6) is 0 Å². The molecule has 0 aromatic carbocycles. The summed E-state index contributed by atoms with van der Waals surface area (Å²) in [6.07, 6.45) is 49.7. The van der Waals surface area contributed by atoms with Gasteiger partial charge in [0, 0.05) is 0 Å². The molecular formula is C38H80ClP. The van der Waals surface area contributed by atoms with Crippen molar-refractivity contribution in [1.29, 1.82) is 0 Å². The molecule has 2 heteroatoms. The van der Waals surface area contributed by atoms with Crippen LogP contribution in [0.4, 0.5) is 0 Å². The van der Waals surface area contributed by atoms with Crippen molar-refractivity contribution in [3.63, 3.8) is 0 Å². The molecule has 0 atom stereocenters. The number of hydrogen-bond donors (Lipinski definition) is 0. The molecule has 0 fully saturated rings. The van der Waals surface area contributed by atoms with Crippen LogP contribution in [0, 0.1) is 0 Å². The summed E-state index contributed by atoms with van der Waals surface area (Å²) in [4.78, 5) is 0. The second-order valence-corrected chi connectivity index (χ2v) is 25.0. The van der Waals surface area contributed by atoms with E-state index >= 15 is 0 Å². The van der Waals surface area contributed by atoms with Gasteiger partial charge in [-0.2, -0.15) is 0 Å². The molecule has 244 valence electrons. The SMILES string of the molecule is CCCCCCCCCCCCCCCCCCCCCCCCCCCCCCCCCCCP(C)(C)(C)Cl. The molecule has 0 unspecified atom stereocenters. The maximum absolute atomic E-state index is 6.64. The molecule has 0 aromatic heterocycles. The Kier molecular flexibility index (Phi) is 30.3. The Morgan fingerprint density at radius 1 is 0.275 bits per heavy atom. The van der Waals surface area contributed by atoms with Crippen molar-refractivity contribution in [1.82, 2.24) is 0 Å². The van der Waals surface area contributed by atoms with E-state index in [-0.39, 0.29) is 0 Å². The Labute approximate surface area is 261 Å². The zero-order chi connectivity index (χ0) is 29.5. The maximum atomic E-state index is 6.64. The summed E-state index contributed by atoms with van der Waals surface area (Å²) in [7, 11) is 0. The zero-order valence-corrected chi connectivity index (χ0v) is 30.5. The first-order chi connectivity index (χ1) is 19.3. The third-order valence-electron chi connectivity index (χ3n) is 9.02. The molecule has 0 aromatic rings. The van der Waals surface area contributed by atoms with E-state index in [4.69, 9.17) is 11.2 Å². The van der Waals surface area contributed by atoms with Crippen LogP contribution in [0.2, 0.25) is 0 Å². The predicted molar refractivity (Wildman–Crippen MR) is 193 cm³/mol. The van der Waals surface area contributed by atoms with Gasteiger partial charge < -0.3 is 0 Å². The first-order valence-electron chi connectivity index (χ1n) is 19.0. The minimum absolute atomic E-state index is 1.26. The average molecular weight is 603 g/mol. The van der Waals surface area contributed by atoms with Crippen molar-refractivity contribution in [3.8, 4) is 0 Å². The summed E-state index contributed by atoms with van der Waals surface area (Å²) < 4.78 is 0. The Bertz CT molecular complexity index is 470. The molecule has 0 saturated heterocycles. The van der Waals surface area contributed by atoms with Gasteiger partial charge in [0.15, 0.2) is 0 Å². The zero-order valence-electron chi connectivity index (χ0n) is 28.9. The van der Waals surface area contributed by atoms with E-state index < -0.39 is 5.96 Å². The van der Waals surface area contributed by atoms with Gasteiger partial charge in [0.25, 0.3) is 0 Å². The molecule has 0 heterocycles. The van der Waals surface area contributed by atoms with Crippen LogP contribution in [0.3, 0.4) is 0 Å². The van der Waals surface area contributed by atoms with Crippen molar-refractivity contribution >= 4 is 17.2 Å². The molecule has 0 nitrogen and oxygen atoms in total. The molecule has 0 rings (SSSR count). The van der Waals surface area contributed by atoms with E-state index in [9.17, 15) is 0 Å². The Balaban J connectivity index is 3.07. The van der Waals surface area contributed by atoms with Gasteiger partial charge in [-0.1, -0.05) is 148 Å². The third kappa shape index (κ3) is 38.7. The topological polar surface area (TPSA) is 0 Å².